The summed E-state index contributed by atoms with van der Waals surface area (Å²) in [5, 5.41) is 2.77. The predicted molar refractivity (Wildman–Crippen MR) is 74.9 cm³/mol. The van der Waals surface area contributed by atoms with E-state index < -0.39 is 0 Å². The van der Waals surface area contributed by atoms with Gasteiger partial charge in [0.05, 0.1) is 5.92 Å². The molecule has 19 heavy (non-hydrogen) atoms. The zero-order valence-electron chi connectivity index (χ0n) is 11.5. The van der Waals surface area contributed by atoms with Crippen LogP contribution in [0.2, 0.25) is 0 Å². The Hall–Kier alpha value is -1.84. The lowest BCUT2D eigenvalue weighted by atomic mass is 9.97. The second kappa shape index (κ2) is 5.87. The first-order chi connectivity index (χ1) is 9.13. The lowest BCUT2D eigenvalue weighted by molar-refractivity contribution is -0.127. The largest absolute Gasteiger partial charge is 0.355 e. The third kappa shape index (κ3) is 2.95. The standard InChI is InChI=1S/C15H20N2O2/c1-3-17(13-7-5-4-6-11(13)2)15(19)12-8-9-14(18)16-10-12/h4-7,12H,3,8-10H2,1-2H3,(H,16,18). The van der Waals surface area contributed by atoms with E-state index in [0.717, 1.165) is 11.3 Å². The summed E-state index contributed by atoms with van der Waals surface area (Å²) in [5.74, 6) is 0.0528. The second-order valence-electron chi connectivity index (χ2n) is 4.91. The Labute approximate surface area is 113 Å². The fourth-order valence-corrected chi connectivity index (χ4v) is 2.48. The molecule has 1 N–H and O–H groups in total. The van der Waals surface area contributed by atoms with Gasteiger partial charge in [-0.2, -0.15) is 0 Å². The molecule has 102 valence electrons. The monoisotopic (exact) mass is 260 g/mol. The number of rotatable bonds is 3. The van der Waals surface area contributed by atoms with Crippen molar-refractivity contribution in [1.29, 1.82) is 0 Å². The number of nitrogens with zero attached hydrogens (tertiary/aromatic N) is 1. The highest BCUT2D eigenvalue weighted by molar-refractivity contribution is 5.96. The van der Waals surface area contributed by atoms with Crippen LogP contribution in [-0.2, 0) is 9.59 Å². The Morgan fingerprint density at radius 3 is 2.74 bits per heavy atom. The van der Waals surface area contributed by atoms with Gasteiger partial charge in [-0.3, -0.25) is 9.59 Å². The number of nitrogens with one attached hydrogen (secondary N) is 1. The molecule has 4 nitrogen and oxygen atoms in total. The molecule has 4 heteroatoms. The number of hydrogen-bond donors (Lipinski definition) is 1. The van der Waals surface area contributed by atoms with E-state index in [0.29, 0.717) is 25.9 Å². The number of aryl methyl sites for hydroxylation is 1. The van der Waals surface area contributed by atoms with E-state index in [1.807, 2.05) is 43.0 Å². The third-order valence-corrected chi connectivity index (χ3v) is 3.60. The van der Waals surface area contributed by atoms with Gasteiger partial charge in [0.25, 0.3) is 0 Å². The molecule has 0 spiro atoms. The average molecular weight is 260 g/mol. The normalized spacial score (nSPS) is 18.8. The van der Waals surface area contributed by atoms with Gasteiger partial charge in [-0.1, -0.05) is 18.2 Å². The molecule has 1 heterocycles. The van der Waals surface area contributed by atoms with Gasteiger partial charge in [-0.05, 0) is 31.9 Å². The van der Waals surface area contributed by atoms with E-state index in [1.165, 1.54) is 0 Å². The van der Waals surface area contributed by atoms with Crippen LogP contribution in [0, 0.1) is 12.8 Å². The lowest BCUT2D eigenvalue weighted by Crippen LogP contribution is -2.45. The SMILES string of the molecule is CCN(C(=O)C1CCC(=O)NC1)c1ccccc1C. The molecule has 1 aromatic carbocycles. The van der Waals surface area contributed by atoms with Crippen molar-refractivity contribution in [2.45, 2.75) is 26.7 Å². The third-order valence-electron chi connectivity index (χ3n) is 3.60. The zero-order chi connectivity index (χ0) is 13.8. The summed E-state index contributed by atoms with van der Waals surface area (Å²) in [6.45, 7) is 5.09. The number of carbonyl (C=O) groups excluding carboxylic acids is 2. The quantitative estimate of drug-likeness (QED) is 0.902. The molecular formula is C15H20N2O2. The van der Waals surface area contributed by atoms with E-state index >= 15 is 0 Å². The molecule has 1 saturated heterocycles. The summed E-state index contributed by atoms with van der Waals surface area (Å²) in [6, 6.07) is 7.89. The first kappa shape index (κ1) is 13.6. The number of anilines is 1. The van der Waals surface area contributed by atoms with Gasteiger partial charge in [0, 0.05) is 25.2 Å². The highest BCUT2D eigenvalue weighted by Gasteiger charge is 2.28. The van der Waals surface area contributed by atoms with Crippen molar-refractivity contribution >= 4 is 17.5 Å². The minimum Gasteiger partial charge on any atom is -0.355 e. The van der Waals surface area contributed by atoms with Crippen LogP contribution in [-0.4, -0.2) is 24.9 Å². The Morgan fingerprint density at radius 1 is 1.42 bits per heavy atom. The van der Waals surface area contributed by atoms with E-state index in [9.17, 15) is 9.59 Å². The Balaban J connectivity index is 2.16. The van der Waals surface area contributed by atoms with Crippen LogP contribution in [0.15, 0.2) is 24.3 Å². The van der Waals surface area contributed by atoms with Crippen molar-refractivity contribution < 1.29 is 9.59 Å². The van der Waals surface area contributed by atoms with Crippen molar-refractivity contribution in [3.05, 3.63) is 29.8 Å². The molecule has 2 amide bonds. The molecule has 0 saturated carbocycles. The summed E-state index contributed by atoms with van der Waals surface area (Å²) in [5.41, 5.74) is 2.06. The molecule has 1 aromatic rings. The van der Waals surface area contributed by atoms with Crippen molar-refractivity contribution in [3.63, 3.8) is 0 Å². The van der Waals surface area contributed by atoms with Crippen LogP contribution in [0.1, 0.15) is 25.3 Å². The fourth-order valence-electron chi connectivity index (χ4n) is 2.48. The van der Waals surface area contributed by atoms with Crippen molar-refractivity contribution in [2.24, 2.45) is 5.92 Å². The van der Waals surface area contributed by atoms with Crippen LogP contribution in [0.4, 0.5) is 5.69 Å². The first-order valence-corrected chi connectivity index (χ1v) is 6.77. The number of piperidine rings is 1. The Bertz CT molecular complexity index is 475. The summed E-state index contributed by atoms with van der Waals surface area (Å²) < 4.78 is 0. The topological polar surface area (TPSA) is 49.4 Å². The van der Waals surface area contributed by atoms with Crippen molar-refractivity contribution in [1.82, 2.24) is 5.32 Å². The number of hydrogen-bond acceptors (Lipinski definition) is 2. The summed E-state index contributed by atoms with van der Waals surface area (Å²) in [4.78, 5) is 25.5. The summed E-state index contributed by atoms with van der Waals surface area (Å²) in [7, 11) is 0. The molecular weight excluding hydrogens is 240 g/mol. The van der Waals surface area contributed by atoms with Gasteiger partial charge >= 0.3 is 0 Å². The minimum atomic E-state index is -0.0998. The molecule has 2 rings (SSSR count). The zero-order valence-corrected chi connectivity index (χ0v) is 11.5. The van der Waals surface area contributed by atoms with E-state index in [1.54, 1.807) is 0 Å². The van der Waals surface area contributed by atoms with E-state index in [2.05, 4.69) is 5.32 Å². The van der Waals surface area contributed by atoms with Crippen LogP contribution in [0.3, 0.4) is 0 Å². The number of para-hydroxylation sites is 1. The van der Waals surface area contributed by atoms with Gasteiger partial charge in [0.15, 0.2) is 0 Å². The van der Waals surface area contributed by atoms with Crippen LogP contribution >= 0.6 is 0 Å². The van der Waals surface area contributed by atoms with Crippen molar-refractivity contribution in [2.75, 3.05) is 18.0 Å². The molecule has 1 fully saturated rings. The van der Waals surface area contributed by atoms with E-state index in [4.69, 9.17) is 0 Å². The Morgan fingerprint density at radius 2 is 2.16 bits per heavy atom. The minimum absolute atomic E-state index is 0.0444. The van der Waals surface area contributed by atoms with Crippen LogP contribution in [0.25, 0.3) is 0 Å². The van der Waals surface area contributed by atoms with Gasteiger partial charge in [-0.25, -0.2) is 0 Å². The molecule has 0 bridgehead atoms. The lowest BCUT2D eigenvalue weighted by Gasteiger charge is -2.29. The second-order valence-corrected chi connectivity index (χ2v) is 4.91. The molecule has 0 aromatic heterocycles. The highest BCUT2D eigenvalue weighted by atomic mass is 16.2. The molecule has 0 radical (unpaired) electrons. The molecule has 1 aliphatic heterocycles. The molecule has 1 atom stereocenters. The van der Waals surface area contributed by atoms with Gasteiger partial charge in [0.1, 0.15) is 0 Å². The smallest absolute Gasteiger partial charge is 0.231 e. The number of benzene rings is 1. The molecule has 1 unspecified atom stereocenters. The van der Waals surface area contributed by atoms with Gasteiger partial charge < -0.3 is 10.2 Å². The van der Waals surface area contributed by atoms with Crippen LogP contribution in [0.5, 0.6) is 0 Å². The molecule has 0 aliphatic carbocycles. The maximum Gasteiger partial charge on any atom is 0.231 e. The predicted octanol–water partition coefficient (Wildman–Crippen LogP) is 1.87. The maximum atomic E-state index is 12.6. The first-order valence-electron chi connectivity index (χ1n) is 6.77. The Kier molecular flexibility index (Phi) is 4.20. The number of carbonyl (C=O) groups is 2. The summed E-state index contributed by atoms with van der Waals surface area (Å²) in [6.07, 6.45) is 1.09. The fraction of sp³-hybridized carbons (Fsp3) is 0.467. The molecule has 1 aliphatic rings. The van der Waals surface area contributed by atoms with Crippen molar-refractivity contribution in [3.8, 4) is 0 Å². The summed E-state index contributed by atoms with van der Waals surface area (Å²) >= 11 is 0. The average Bonchev–Trinajstić information content (AvgIpc) is 2.42. The maximum absolute atomic E-state index is 12.6. The highest BCUT2D eigenvalue weighted by Crippen LogP contribution is 2.23. The van der Waals surface area contributed by atoms with Gasteiger partial charge in [-0.15, -0.1) is 0 Å². The van der Waals surface area contributed by atoms with E-state index in [-0.39, 0.29) is 17.7 Å². The van der Waals surface area contributed by atoms with Gasteiger partial charge in [0.2, 0.25) is 11.8 Å². The van der Waals surface area contributed by atoms with Crippen LogP contribution < -0.4 is 10.2 Å². The number of amides is 2.